The van der Waals surface area contributed by atoms with Crippen molar-refractivity contribution in [3.05, 3.63) is 23.9 Å². The predicted octanol–water partition coefficient (Wildman–Crippen LogP) is 1.38. The van der Waals surface area contributed by atoms with Crippen molar-refractivity contribution in [1.29, 1.82) is 0 Å². The van der Waals surface area contributed by atoms with Gasteiger partial charge in [-0.05, 0) is 6.08 Å². The van der Waals surface area contributed by atoms with Gasteiger partial charge in [0.25, 0.3) is 6.43 Å². The third-order valence-corrected chi connectivity index (χ3v) is 2.71. The largest absolute Gasteiger partial charge is 0.364 e. The van der Waals surface area contributed by atoms with Crippen molar-refractivity contribution in [1.82, 2.24) is 4.90 Å². The van der Waals surface area contributed by atoms with E-state index in [2.05, 4.69) is 0 Å². The second-order valence-electron chi connectivity index (χ2n) is 3.58. The lowest BCUT2D eigenvalue weighted by Crippen LogP contribution is -2.38. The monoisotopic (exact) mass is 217 g/mol. The van der Waals surface area contributed by atoms with Gasteiger partial charge < -0.3 is 14.4 Å². The summed E-state index contributed by atoms with van der Waals surface area (Å²) in [5, 5.41) is 0. The van der Waals surface area contributed by atoms with Crippen LogP contribution in [0.4, 0.5) is 8.78 Å². The first-order valence-corrected chi connectivity index (χ1v) is 4.72. The van der Waals surface area contributed by atoms with Crippen molar-refractivity contribution in [3.63, 3.8) is 0 Å². The van der Waals surface area contributed by atoms with Crippen molar-refractivity contribution >= 4 is 0 Å². The highest BCUT2D eigenvalue weighted by atomic mass is 19.3. The van der Waals surface area contributed by atoms with E-state index >= 15 is 0 Å². The molecule has 84 valence electrons. The molecular weight excluding hydrogens is 204 g/mol. The Morgan fingerprint density at radius 1 is 1.53 bits per heavy atom. The van der Waals surface area contributed by atoms with Crippen LogP contribution in [0.1, 0.15) is 0 Å². The quantitative estimate of drug-likeness (QED) is 0.668. The van der Waals surface area contributed by atoms with Crippen LogP contribution in [-0.2, 0) is 9.47 Å². The summed E-state index contributed by atoms with van der Waals surface area (Å²) < 4.78 is 35.4. The van der Waals surface area contributed by atoms with Crippen LogP contribution < -0.4 is 0 Å². The zero-order valence-corrected chi connectivity index (χ0v) is 8.56. The molecule has 0 aliphatic carbocycles. The summed E-state index contributed by atoms with van der Waals surface area (Å²) in [7, 11) is 3.18. The SMILES string of the molecule is COC1OC1C1C=CC=C(C(F)F)N1C. The molecule has 1 saturated heterocycles. The van der Waals surface area contributed by atoms with Crippen LogP contribution in [0.25, 0.3) is 0 Å². The van der Waals surface area contributed by atoms with E-state index in [0.29, 0.717) is 0 Å². The first-order chi connectivity index (χ1) is 7.15. The average Bonchev–Trinajstić information content (AvgIpc) is 2.96. The van der Waals surface area contributed by atoms with Crippen molar-refractivity contribution in [2.24, 2.45) is 0 Å². The molecule has 3 atom stereocenters. The fourth-order valence-corrected chi connectivity index (χ4v) is 1.78. The third-order valence-electron chi connectivity index (χ3n) is 2.71. The smallest absolute Gasteiger partial charge is 0.278 e. The van der Waals surface area contributed by atoms with Gasteiger partial charge in [0.15, 0.2) is 6.29 Å². The molecule has 0 aromatic rings. The first-order valence-electron chi connectivity index (χ1n) is 4.72. The average molecular weight is 217 g/mol. The summed E-state index contributed by atoms with van der Waals surface area (Å²) in [6.45, 7) is 0. The van der Waals surface area contributed by atoms with Crippen LogP contribution in [0.5, 0.6) is 0 Å². The van der Waals surface area contributed by atoms with Gasteiger partial charge in [0.1, 0.15) is 6.10 Å². The molecule has 1 fully saturated rings. The number of alkyl halides is 2. The van der Waals surface area contributed by atoms with E-state index in [1.54, 1.807) is 20.2 Å². The molecule has 3 nitrogen and oxygen atoms in total. The lowest BCUT2D eigenvalue weighted by atomic mass is 10.1. The van der Waals surface area contributed by atoms with E-state index in [9.17, 15) is 8.78 Å². The number of methoxy groups -OCH3 is 1. The second-order valence-corrected chi connectivity index (χ2v) is 3.58. The zero-order chi connectivity index (χ0) is 11.0. The summed E-state index contributed by atoms with van der Waals surface area (Å²) in [6, 6.07) is -0.163. The van der Waals surface area contributed by atoms with E-state index in [1.165, 1.54) is 11.0 Å². The number of halogens is 2. The second kappa shape index (κ2) is 3.90. The van der Waals surface area contributed by atoms with Crippen LogP contribution >= 0.6 is 0 Å². The van der Waals surface area contributed by atoms with E-state index in [0.717, 1.165) is 0 Å². The summed E-state index contributed by atoms with van der Waals surface area (Å²) in [5.41, 5.74) is 0.0212. The number of allylic oxidation sites excluding steroid dienone is 3. The van der Waals surface area contributed by atoms with Crippen molar-refractivity contribution < 1.29 is 18.3 Å². The summed E-state index contributed by atoms with van der Waals surface area (Å²) in [4.78, 5) is 1.54. The van der Waals surface area contributed by atoms with Crippen molar-refractivity contribution in [2.45, 2.75) is 24.9 Å². The molecule has 0 bridgehead atoms. The molecule has 2 rings (SSSR count). The van der Waals surface area contributed by atoms with Crippen LogP contribution in [0.3, 0.4) is 0 Å². The van der Waals surface area contributed by atoms with Gasteiger partial charge in [-0.15, -0.1) is 0 Å². The minimum atomic E-state index is -2.46. The maximum absolute atomic E-state index is 12.6. The maximum Gasteiger partial charge on any atom is 0.278 e. The molecule has 0 aromatic heterocycles. The molecular formula is C10H13F2NO2. The molecule has 3 unspecified atom stereocenters. The van der Waals surface area contributed by atoms with Gasteiger partial charge >= 0.3 is 0 Å². The predicted molar refractivity (Wildman–Crippen MR) is 50.4 cm³/mol. The molecule has 5 heteroatoms. The molecule has 0 radical (unpaired) electrons. The van der Waals surface area contributed by atoms with Crippen molar-refractivity contribution in [3.8, 4) is 0 Å². The number of hydrogen-bond donors (Lipinski definition) is 0. The minimum Gasteiger partial charge on any atom is -0.364 e. The highest BCUT2D eigenvalue weighted by Gasteiger charge is 2.47. The first kappa shape index (κ1) is 10.6. The Balaban J connectivity index is 2.05. The van der Waals surface area contributed by atoms with Gasteiger partial charge in [0, 0.05) is 14.2 Å². The fraction of sp³-hybridized carbons (Fsp3) is 0.600. The van der Waals surface area contributed by atoms with E-state index in [4.69, 9.17) is 9.47 Å². The van der Waals surface area contributed by atoms with E-state index in [1.807, 2.05) is 6.08 Å². The van der Waals surface area contributed by atoms with Crippen LogP contribution in [0.15, 0.2) is 23.9 Å². The maximum atomic E-state index is 12.6. The number of epoxide rings is 1. The number of rotatable bonds is 3. The zero-order valence-electron chi connectivity index (χ0n) is 8.56. The standard InChI is InChI=1S/C10H13F2NO2/c1-13-6(8-10(14-2)15-8)4-3-5-7(13)9(11)12/h3-6,8-10H,1-2H3. The number of ether oxygens (including phenoxy) is 2. The molecule has 0 saturated carbocycles. The molecule has 15 heavy (non-hydrogen) atoms. The van der Waals surface area contributed by atoms with Gasteiger partial charge in [-0.2, -0.15) is 0 Å². The van der Waals surface area contributed by atoms with Gasteiger partial charge in [-0.1, -0.05) is 12.2 Å². The Labute approximate surface area is 87.0 Å². The molecule has 2 aliphatic rings. The Bertz CT molecular complexity index is 304. The number of likely N-dealkylation sites (N-methyl/N-ethyl adjacent to an activating group) is 1. The Morgan fingerprint density at radius 3 is 2.80 bits per heavy atom. The Morgan fingerprint density at radius 2 is 2.27 bits per heavy atom. The molecule has 2 aliphatic heterocycles. The summed E-state index contributed by atoms with van der Waals surface area (Å²) in [6.07, 6.45) is 2.04. The fourth-order valence-electron chi connectivity index (χ4n) is 1.78. The Hall–Kier alpha value is -0.940. The molecule has 0 amide bonds. The van der Waals surface area contributed by atoms with E-state index in [-0.39, 0.29) is 24.1 Å². The molecule has 0 aromatic carbocycles. The van der Waals surface area contributed by atoms with Gasteiger partial charge in [-0.25, -0.2) is 8.78 Å². The third kappa shape index (κ3) is 1.89. The highest BCUT2D eigenvalue weighted by Crippen LogP contribution is 2.33. The molecule has 0 N–H and O–H groups in total. The van der Waals surface area contributed by atoms with Crippen LogP contribution in [0, 0.1) is 0 Å². The summed E-state index contributed by atoms with van der Waals surface area (Å²) >= 11 is 0. The van der Waals surface area contributed by atoms with Crippen LogP contribution in [0.2, 0.25) is 0 Å². The molecule has 0 spiro atoms. The number of nitrogens with zero attached hydrogens (tertiary/aromatic N) is 1. The van der Waals surface area contributed by atoms with Gasteiger partial charge in [0.05, 0.1) is 11.7 Å². The van der Waals surface area contributed by atoms with Gasteiger partial charge in [0.2, 0.25) is 0 Å². The minimum absolute atomic E-state index is 0.0212. The normalized spacial score (nSPS) is 34.6. The van der Waals surface area contributed by atoms with Crippen LogP contribution in [-0.4, -0.2) is 43.9 Å². The highest BCUT2D eigenvalue weighted by molar-refractivity contribution is 5.24. The lowest BCUT2D eigenvalue weighted by Gasteiger charge is -2.30. The lowest BCUT2D eigenvalue weighted by molar-refractivity contribution is 0.0950. The molecule has 2 heterocycles. The van der Waals surface area contributed by atoms with Crippen molar-refractivity contribution in [2.75, 3.05) is 14.2 Å². The van der Waals surface area contributed by atoms with E-state index < -0.39 is 6.43 Å². The summed E-state index contributed by atoms with van der Waals surface area (Å²) in [5.74, 6) is 0. The van der Waals surface area contributed by atoms with Gasteiger partial charge in [-0.3, -0.25) is 0 Å². The topological polar surface area (TPSA) is 25.0 Å². The Kier molecular flexibility index (Phi) is 2.75. The number of hydrogen-bond acceptors (Lipinski definition) is 3.